The topological polar surface area (TPSA) is 117 Å². The number of rotatable bonds is 5. The summed E-state index contributed by atoms with van der Waals surface area (Å²) in [6, 6.07) is -0.899. The van der Waals surface area contributed by atoms with Crippen LogP contribution in [0.2, 0.25) is 0 Å². The minimum absolute atomic E-state index is 0.139. The van der Waals surface area contributed by atoms with Crippen molar-refractivity contribution in [1.29, 1.82) is 0 Å². The summed E-state index contributed by atoms with van der Waals surface area (Å²) in [5, 5.41) is 17.5. The number of hydrogen-bond acceptors (Lipinski definition) is 5. The molecule has 0 aromatic rings. The predicted molar refractivity (Wildman–Crippen MR) is 79.0 cm³/mol. The van der Waals surface area contributed by atoms with Gasteiger partial charge in [0, 0.05) is 19.5 Å². The summed E-state index contributed by atoms with van der Waals surface area (Å²) in [6.07, 6.45) is -1.42. The third-order valence-corrected chi connectivity index (χ3v) is 3.30. The van der Waals surface area contributed by atoms with Crippen molar-refractivity contribution in [1.82, 2.24) is 16.0 Å². The molecule has 1 rings (SSSR count). The van der Waals surface area contributed by atoms with E-state index in [9.17, 15) is 19.5 Å². The Hall–Kier alpha value is -1.83. The van der Waals surface area contributed by atoms with Crippen LogP contribution in [0.5, 0.6) is 0 Å². The molecule has 126 valence electrons. The molecule has 3 amide bonds. The highest BCUT2D eigenvalue weighted by Gasteiger charge is 2.34. The van der Waals surface area contributed by atoms with Crippen LogP contribution in [0.15, 0.2) is 0 Å². The highest BCUT2D eigenvalue weighted by Crippen LogP contribution is 2.18. The number of amides is 3. The molecule has 3 atom stereocenters. The zero-order chi connectivity index (χ0) is 16.9. The lowest BCUT2D eigenvalue weighted by molar-refractivity contribution is -0.131. The minimum atomic E-state index is -1.45. The molecule has 1 fully saturated rings. The van der Waals surface area contributed by atoms with Crippen LogP contribution in [-0.2, 0) is 14.3 Å². The first-order chi connectivity index (χ1) is 10.1. The molecule has 0 aliphatic carbocycles. The van der Waals surface area contributed by atoms with Gasteiger partial charge in [-0.1, -0.05) is 0 Å². The van der Waals surface area contributed by atoms with E-state index in [-0.39, 0.29) is 18.2 Å². The second-order valence-corrected chi connectivity index (χ2v) is 6.32. The van der Waals surface area contributed by atoms with Crippen molar-refractivity contribution in [3.63, 3.8) is 0 Å². The van der Waals surface area contributed by atoms with Gasteiger partial charge in [-0.05, 0) is 33.6 Å². The van der Waals surface area contributed by atoms with Gasteiger partial charge in [0.05, 0.1) is 6.04 Å². The second-order valence-electron chi connectivity index (χ2n) is 6.32. The van der Waals surface area contributed by atoms with E-state index >= 15 is 0 Å². The van der Waals surface area contributed by atoms with Gasteiger partial charge in [0.15, 0.2) is 6.10 Å². The van der Waals surface area contributed by atoms with Crippen molar-refractivity contribution in [2.75, 3.05) is 13.6 Å². The number of carbonyl (C=O) groups excluding carboxylic acids is 3. The van der Waals surface area contributed by atoms with E-state index in [1.807, 2.05) is 0 Å². The van der Waals surface area contributed by atoms with Gasteiger partial charge >= 0.3 is 6.09 Å². The predicted octanol–water partition coefficient (Wildman–Crippen LogP) is -0.487. The Morgan fingerprint density at radius 3 is 2.55 bits per heavy atom. The number of hydrogen-bond donors (Lipinski definition) is 4. The molecule has 8 nitrogen and oxygen atoms in total. The fourth-order valence-corrected chi connectivity index (χ4v) is 2.23. The van der Waals surface area contributed by atoms with Gasteiger partial charge in [0.25, 0.3) is 5.91 Å². The van der Waals surface area contributed by atoms with Gasteiger partial charge in [-0.2, -0.15) is 0 Å². The Labute approximate surface area is 130 Å². The van der Waals surface area contributed by atoms with Crippen molar-refractivity contribution in [3.05, 3.63) is 0 Å². The molecular weight excluding hydrogens is 290 g/mol. The molecule has 1 heterocycles. The number of carbonyl (C=O) groups is 3. The number of aliphatic hydroxyl groups is 1. The summed E-state index contributed by atoms with van der Waals surface area (Å²) in [7, 11) is 1.39. The molecule has 0 spiro atoms. The number of alkyl carbamates (subject to hydrolysis) is 1. The molecule has 0 aromatic heterocycles. The molecule has 0 bridgehead atoms. The molecule has 1 aliphatic rings. The molecular formula is C14H25N3O5. The van der Waals surface area contributed by atoms with Gasteiger partial charge in [0.1, 0.15) is 5.60 Å². The van der Waals surface area contributed by atoms with E-state index in [0.717, 1.165) is 0 Å². The van der Waals surface area contributed by atoms with Crippen LogP contribution in [0.3, 0.4) is 0 Å². The van der Waals surface area contributed by atoms with Crippen molar-refractivity contribution in [2.24, 2.45) is 5.92 Å². The van der Waals surface area contributed by atoms with E-state index < -0.39 is 29.7 Å². The SMILES string of the molecule is CNC(=O)C(O)[C@H](C[C@@H]1CCNC1=O)NC(=O)OC(C)(C)C. The van der Waals surface area contributed by atoms with Crippen LogP contribution >= 0.6 is 0 Å². The third kappa shape index (κ3) is 5.51. The van der Waals surface area contributed by atoms with Crippen LogP contribution in [0.25, 0.3) is 0 Å². The molecule has 1 saturated heterocycles. The fraction of sp³-hybridized carbons (Fsp3) is 0.786. The minimum Gasteiger partial charge on any atom is -0.444 e. The monoisotopic (exact) mass is 315 g/mol. The molecule has 4 N–H and O–H groups in total. The van der Waals surface area contributed by atoms with Crippen molar-refractivity contribution in [3.8, 4) is 0 Å². The molecule has 0 aromatic carbocycles. The number of nitrogens with one attached hydrogen (secondary N) is 3. The largest absolute Gasteiger partial charge is 0.444 e. The lowest BCUT2D eigenvalue weighted by Crippen LogP contribution is -2.52. The van der Waals surface area contributed by atoms with Crippen LogP contribution in [0.4, 0.5) is 4.79 Å². The first-order valence-electron chi connectivity index (χ1n) is 7.31. The van der Waals surface area contributed by atoms with Crippen LogP contribution in [-0.4, -0.2) is 54.4 Å². The fourth-order valence-electron chi connectivity index (χ4n) is 2.23. The summed E-state index contributed by atoms with van der Waals surface area (Å²) >= 11 is 0. The zero-order valence-corrected chi connectivity index (χ0v) is 13.4. The van der Waals surface area contributed by atoms with Crippen molar-refractivity contribution < 1.29 is 24.2 Å². The molecule has 0 radical (unpaired) electrons. The highest BCUT2D eigenvalue weighted by atomic mass is 16.6. The quantitative estimate of drug-likeness (QED) is 0.546. The maximum atomic E-state index is 11.9. The Kier molecular flexibility index (Phi) is 6.16. The first kappa shape index (κ1) is 18.2. The molecule has 1 unspecified atom stereocenters. The highest BCUT2D eigenvalue weighted by molar-refractivity contribution is 5.83. The molecule has 1 aliphatic heterocycles. The summed E-state index contributed by atoms with van der Waals surface area (Å²) in [6.45, 7) is 5.68. The molecule has 22 heavy (non-hydrogen) atoms. The van der Waals surface area contributed by atoms with E-state index in [1.165, 1.54) is 7.05 Å². The van der Waals surface area contributed by atoms with E-state index in [1.54, 1.807) is 20.8 Å². The van der Waals surface area contributed by atoms with E-state index in [2.05, 4.69) is 16.0 Å². The van der Waals surface area contributed by atoms with E-state index in [0.29, 0.717) is 13.0 Å². The van der Waals surface area contributed by atoms with Gasteiger partial charge in [-0.3, -0.25) is 9.59 Å². The van der Waals surface area contributed by atoms with Crippen LogP contribution in [0.1, 0.15) is 33.6 Å². The Balaban J connectivity index is 2.75. The van der Waals surface area contributed by atoms with Gasteiger partial charge in [0.2, 0.25) is 5.91 Å². The van der Waals surface area contributed by atoms with Gasteiger partial charge < -0.3 is 25.8 Å². The summed E-state index contributed by atoms with van der Waals surface area (Å²) in [5.74, 6) is -1.11. The maximum Gasteiger partial charge on any atom is 0.407 e. The summed E-state index contributed by atoms with van der Waals surface area (Å²) in [5.41, 5.74) is -0.697. The van der Waals surface area contributed by atoms with E-state index in [4.69, 9.17) is 4.74 Å². The maximum absolute atomic E-state index is 11.9. The van der Waals surface area contributed by atoms with Crippen molar-refractivity contribution >= 4 is 17.9 Å². The Morgan fingerprint density at radius 1 is 1.45 bits per heavy atom. The van der Waals surface area contributed by atoms with Crippen LogP contribution in [0, 0.1) is 5.92 Å². The number of ether oxygens (including phenoxy) is 1. The normalized spacial score (nSPS) is 20.8. The third-order valence-electron chi connectivity index (χ3n) is 3.30. The molecule has 8 heteroatoms. The van der Waals surface area contributed by atoms with Crippen molar-refractivity contribution in [2.45, 2.75) is 51.4 Å². The lowest BCUT2D eigenvalue weighted by atomic mass is 9.94. The lowest BCUT2D eigenvalue weighted by Gasteiger charge is -2.27. The van der Waals surface area contributed by atoms with Gasteiger partial charge in [-0.15, -0.1) is 0 Å². The Morgan fingerprint density at radius 2 is 2.09 bits per heavy atom. The number of aliphatic hydroxyl groups excluding tert-OH is 1. The summed E-state index contributed by atoms with van der Waals surface area (Å²) in [4.78, 5) is 35.1. The van der Waals surface area contributed by atoms with Crippen LogP contribution < -0.4 is 16.0 Å². The summed E-state index contributed by atoms with van der Waals surface area (Å²) < 4.78 is 5.13. The second kappa shape index (κ2) is 7.44. The average Bonchev–Trinajstić information content (AvgIpc) is 2.79. The smallest absolute Gasteiger partial charge is 0.407 e. The number of likely N-dealkylation sites (N-methyl/N-ethyl adjacent to an activating group) is 1. The standard InChI is InChI=1S/C14H25N3O5/c1-14(2,3)22-13(21)17-9(10(18)12(20)15-4)7-8-5-6-16-11(8)19/h8-10,18H,5-7H2,1-4H3,(H,15,20)(H,16,19)(H,17,21)/t8-,9-,10?/m0/s1. The first-order valence-corrected chi connectivity index (χ1v) is 7.31. The Bertz CT molecular complexity index is 433. The average molecular weight is 315 g/mol. The van der Waals surface area contributed by atoms with Gasteiger partial charge in [-0.25, -0.2) is 4.79 Å². The zero-order valence-electron chi connectivity index (χ0n) is 13.4. The molecule has 0 saturated carbocycles.